The van der Waals surface area contributed by atoms with Crippen LogP contribution >= 0.6 is 0 Å². The standard InChI is InChI=1S/C20H18FN/c1-20(2,16-8-11-18(21)12-9-16)17-10-13-19(22-14-17)15-6-4-3-5-7-15/h3-14H,1-2H3. The lowest BCUT2D eigenvalue weighted by Crippen LogP contribution is -2.19. The molecule has 0 atom stereocenters. The molecule has 0 saturated carbocycles. The highest BCUT2D eigenvalue weighted by atomic mass is 19.1. The Morgan fingerprint density at radius 2 is 1.41 bits per heavy atom. The molecule has 0 unspecified atom stereocenters. The van der Waals surface area contributed by atoms with Crippen LogP contribution in [0.3, 0.4) is 0 Å². The first kappa shape index (κ1) is 14.5. The maximum Gasteiger partial charge on any atom is 0.123 e. The molecule has 1 heterocycles. The van der Waals surface area contributed by atoms with Crippen molar-refractivity contribution < 1.29 is 4.39 Å². The minimum atomic E-state index is -0.212. The Balaban J connectivity index is 1.93. The first-order valence-corrected chi connectivity index (χ1v) is 7.35. The van der Waals surface area contributed by atoms with Crippen molar-refractivity contribution in [1.82, 2.24) is 4.98 Å². The Kier molecular flexibility index (Phi) is 3.76. The third kappa shape index (κ3) is 2.77. The summed E-state index contributed by atoms with van der Waals surface area (Å²) in [6.45, 7) is 4.25. The predicted molar refractivity (Wildman–Crippen MR) is 88.2 cm³/mol. The van der Waals surface area contributed by atoms with Crippen molar-refractivity contribution in [3.8, 4) is 11.3 Å². The lowest BCUT2D eigenvalue weighted by atomic mass is 9.79. The highest BCUT2D eigenvalue weighted by molar-refractivity contribution is 5.59. The van der Waals surface area contributed by atoms with Gasteiger partial charge in [-0.15, -0.1) is 0 Å². The molecule has 3 aromatic rings. The van der Waals surface area contributed by atoms with E-state index < -0.39 is 0 Å². The minimum absolute atomic E-state index is 0.211. The number of hydrogen-bond acceptors (Lipinski definition) is 1. The Labute approximate surface area is 130 Å². The number of aromatic nitrogens is 1. The molecule has 0 spiro atoms. The highest BCUT2D eigenvalue weighted by Crippen LogP contribution is 2.31. The maximum absolute atomic E-state index is 13.1. The number of rotatable bonds is 3. The van der Waals surface area contributed by atoms with Gasteiger partial charge in [0.2, 0.25) is 0 Å². The predicted octanol–water partition coefficient (Wildman–Crippen LogP) is 5.21. The highest BCUT2D eigenvalue weighted by Gasteiger charge is 2.23. The first-order valence-electron chi connectivity index (χ1n) is 7.35. The second-order valence-corrected chi connectivity index (χ2v) is 5.93. The lowest BCUT2D eigenvalue weighted by molar-refractivity contribution is 0.613. The van der Waals surface area contributed by atoms with Gasteiger partial charge >= 0.3 is 0 Å². The zero-order valence-electron chi connectivity index (χ0n) is 12.8. The maximum atomic E-state index is 13.1. The van der Waals surface area contributed by atoms with Crippen molar-refractivity contribution in [3.63, 3.8) is 0 Å². The lowest BCUT2D eigenvalue weighted by Gasteiger charge is -2.25. The van der Waals surface area contributed by atoms with Crippen molar-refractivity contribution in [2.24, 2.45) is 0 Å². The molecule has 0 saturated heterocycles. The second kappa shape index (κ2) is 5.72. The van der Waals surface area contributed by atoms with E-state index in [0.29, 0.717) is 0 Å². The third-order valence-corrected chi connectivity index (χ3v) is 4.12. The molecule has 1 aromatic heterocycles. The molecule has 0 aliphatic heterocycles. The normalized spacial score (nSPS) is 11.4. The molecule has 0 aliphatic rings. The van der Waals surface area contributed by atoms with Crippen molar-refractivity contribution >= 4 is 0 Å². The largest absolute Gasteiger partial charge is 0.256 e. The van der Waals surface area contributed by atoms with Crippen LogP contribution in [0.2, 0.25) is 0 Å². The van der Waals surface area contributed by atoms with Crippen molar-refractivity contribution in [3.05, 3.63) is 89.9 Å². The van der Waals surface area contributed by atoms with E-state index in [0.717, 1.165) is 22.4 Å². The molecular formula is C20H18FN. The fourth-order valence-corrected chi connectivity index (χ4v) is 2.58. The molecule has 0 aliphatic carbocycles. The fraction of sp³-hybridized carbons (Fsp3) is 0.150. The van der Waals surface area contributed by atoms with Crippen LogP contribution in [-0.2, 0) is 5.41 Å². The Morgan fingerprint density at radius 3 is 2.00 bits per heavy atom. The Morgan fingerprint density at radius 1 is 0.773 bits per heavy atom. The van der Waals surface area contributed by atoms with Crippen LogP contribution in [0.4, 0.5) is 4.39 Å². The van der Waals surface area contributed by atoms with Gasteiger partial charge in [-0.1, -0.05) is 62.4 Å². The zero-order valence-corrected chi connectivity index (χ0v) is 12.8. The summed E-state index contributed by atoms with van der Waals surface area (Å²) in [5, 5.41) is 0. The van der Waals surface area contributed by atoms with Crippen LogP contribution in [0.5, 0.6) is 0 Å². The molecule has 3 rings (SSSR count). The van der Waals surface area contributed by atoms with Crippen LogP contribution in [0, 0.1) is 5.82 Å². The second-order valence-electron chi connectivity index (χ2n) is 5.93. The van der Waals surface area contributed by atoms with Gasteiger partial charge in [-0.2, -0.15) is 0 Å². The topological polar surface area (TPSA) is 12.9 Å². The molecule has 0 radical (unpaired) electrons. The minimum Gasteiger partial charge on any atom is -0.256 e. The molecule has 0 fully saturated rings. The van der Waals surface area contributed by atoms with E-state index in [-0.39, 0.29) is 11.2 Å². The Hall–Kier alpha value is -2.48. The van der Waals surface area contributed by atoms with Crippen molar-refractivity contribution in [2.75, 3.05) is 0 Å². The van der Waals surface area contributed by atoms with Crippen LogP contribution < -0.4 is 0 Å². The van der Waals surface area contributed by atoms with Gasteiger partial charge in [0.1, 0.15) is 5.82 Å². The van der Waals surface area contributed by atoms with Crippen molar-refractivity contribution in [1.29, 1.82) is 0 Å². The summed E-state index contributed by atoms with van der Waals surface area (Å²) in [5.41, 5.74) is 4.03. The van der Waals surface area contributed by atoms with Crippen LogP contribution in [0.1, 0.15) is 25.0 Å². The van der Waals surface area contributed by atoms with Gasteiger partial charge in [-0.25, -0.2) is 4.39 Å². The zero-order chi connectivity index (χ0) is 15.6. The van der Waals surface area contributed by atoms with E-state index in [4.69, 9.17) is 0 Å². The average molecular weight is 291 g/mol. The Bertz CT molecular complexity index is 744. The molecule has 2 heteroatoms. The van der Waals surface area contributed by atoms with Gasteiger partial charge in [-0.3, -0.25) is 4.98 Å². The number of halogens is 1. The van der Waals surface area contributed by atoms with Gasteiger partial charge in [0.25, 0.3) is 0 Å². The molecule has 0 amide bonds. The third-order valence-electron chi connectivity index (χ3n) is 4.12. The number of hydrogen-bond donors (Lipinski definition) is 0. The molecule has 0 bridgehead atoms. The van der Waals surface area contributed by atoms with E-state index >= 15 is 0 Å². The number of benzene rings is 2. The summed E-state index contributed by atoms with van der Waals surface area (Å²) in [7, 11) is 0. The molecule has 110 valence electrons. The van der Waals surface area contributed by atoms with Gasteiger partial charge in [0.15, 0.2) is 0 Å². The number of nitrogens with zero attached hydrogens (tertiary/aromatic N) is 1. The molecule has 22 heavy (non-hydrogen) atoms. The monoisotopic (exact) mass is 291 g/mol. The summed E-state index contributed by atoms with van der Waals surface area (Å²) in [4.78, 5) is 4.58. The van der Waals surface area contributed by atoms with E-state index in [1.54, 1.807) is 0 Å². The van der Waals surface area contributed by atoms with E-state index in [9.17, 15) is 4.39 Å². The van der Waals surface area contributed by atoms with Gasteiger partial charge in [0, 0.05) is 17.2 Å². The van der Waals surface area contributed by atoms with E-state index in [2.05, 4.69) is 24.9 Å². The summed E-state index contributed by atoms with van der Waals surface area (Å²) in [6.07, 6.45) is 1.91. The molecular weight excluding hydrogens is 273 g/mol. The SMILES string of the molecule is CC(C)(c1ccc(F)cc1)c1ccc(-c2ccccc2)nc1. The van der Waals surface area contributed by atoms with Crippen LogP contribution in [0.25, 0.3) is 11.3 Å². The van der Waals surface area contributed by atoms with Gasteiger partial charge < -0.3 is 0 Å². The van der Waals surface area contributed by atoms with Crippen molar-refractivity contribution in [2.45, 2.75) is 19.3 Å². The average Bonchev–Trinajstić information content (AvgIpc) is 2.56. The summed E-state index contributed by atoms with van der Waals surface area (Å²) >= 11 is 0. The quantitative estimate of drug-likeness (QED) is 0.645. The summed E-state index contributed by atoms with van der Waals surface area (Å²) < 4.78 is 13.1. The number of pyridine rings is 1. The van der Waals surface area contributed by atoms with E-state index in [1.807, 2.05) is 54.7 Å². The van der Waals surface area contributed by atoms with Crippen LogP contribution in [-0.4, -0.2) is 4.98 Å². The van der Waals surface area contributed by atoms with Crippen LogP contribution in [0.15, 0.2) is 72.9 Å². The van der Waals surface area contributed by atoms with E-state index in [1.165, 1.54) is 12.1 Å². The summed E-state index contributed by atoms with van der Waals surface area (Å²) in [6, 6.07) is 20.9. The smallest absolute Gasteiger partial charge is 0.123 e. The summed E-state index contributed by atoms with van der Waals surface area (Å²) in [5.74, 6) is -0.211. The fourth-order valence-electron chi connectivity index (χ4n) is 2.58. The molecule has 0 N–H and O–H groups in total. The van der Waals surface area contributed by atoms with Gasteiger partial charge in [0.05, 0.1) is 5.69 Å². The van der Waals surface area contributed by atoms with Gasteiger partial charge in [-0.05, 0) is 29.3 Å². The molecule has 2 aromatic carbocycles. The molecule has 1 nitrogen and oxygen atoms in total. The first-order chi connectivity index (χ1) is 10.6.